The zero-order valence-corrected chi connectivity index (χ0v) is 14.7. The van der Waals surface area contributed by atoms with Crippen LogP contribution < -0.4 is 0 Å². The Morgan fingerprint density at radius 3 is 3.04 bits per heavy atom. The highest BCUT2D eigenvalue weighted by Gasteiger charge is 2.36. The van der Waals surface area contributed by atoms with Crippen LogP contribution in [0.25, 0.3) is 5.78 Å². The summed E-state index contributed by atoms with van der Waals surface area (Å²) < 4.78 is 1.75. The lowest BCUT2D eigenvalue weighted by atomic mass is 9.96. The molecule has 0 fully saturated rings. The highest BCUT2D eigenvalue weighted by atomic mass is 16.2. The van der Waals surface area contributed by atoms with E-state index in [0.29, 0.717) is 23.7 Å². The number of nitrogens with zero attached hydrogens (tertiary/aromatic N) is 6. The lowest BCUT2D eigenvalue weighted by Crippen LogP contribution is -2.41. The van der Waals surface area contributed by atoms with Crippen LogP contribution in [0.1, 0.15) is 39.2 Å². The second kappa shape index (κ2) is 6.01. The van der Waals surface area contributed by atoms with Crippen LogP contribution in [0.2, 0.25) is 0 Å². The number of aryl methyl sites for hydroxylation is 1. The van der Waals surface area contributed by atoms with E-state index in [2.05, 4.69) is 24.9 Å². The summed E-state index contributed by atoms with van der Waals surface area (Å²) in [5, 5.41) is 0. The number of H-pyrrole nitrogens is 1. The van der Waals surface area contributed by atoms with Gasteiger partial charge in [-0.15, -0.1) is 0 Å². The van der Waals surface area contributed by atoms with Crippen molar-refractivity contribution in [2.75, 3.05) is 6.54 Å². The molecule has 5 heterocycles. The molecule has 8 heteroatoms. The van der Waals surface area contributed by atoms with Gasteiger partial charge in [0.2, 0.25) is 5.78 Å². The van der Waals surface area contributed by atoms with Crippen molar-refractivity contribution in [3.05, 3.63) is 77.7 Å². The van der Waals surface area contributed by atoms with E-state index in [1.807, 2.05) is 30.2 Å². The molecule has 1 atom stereocenters. The first-order valence-corrected chi connectivity index (χ1v) is 8.77. The predicted octanol–water partition coefficient (Wildman–Crippen LogP) is 1.94. The lowest BCUT2D eigenvalue weighted by Gasteiger charge is -2.35. The number of aromatic nitrogens is 6. The van der Waals surface area contributed by atoms with Crippen LogP contribution in [0.3, 0.4) is 0 Å². The quantitative estimate of drug-likeness (QED) is 0.590. The summed E-state index contributed by atoms with van der Waals surface area (Å²) in [4.78, 5) is 36.1. The summed E-state index contributed by atoms with van der Waals surface area (Å²) in [6.07, 6.45) is 9.42. The maximum Gasteiger partial charge on any atom is 0.273 e. The summed E-state index contributed by atoms with van der Waals surface area (Å²) >= 11 is 0. The Morgan fingerprint density at radius 1 is 1.26 bits per heavy atom. The second-order valence-corrected chi connectivity index (χ2v) is 6.54. The fourth-order valence-corrected chi connectivity index (χ4v) is 3.76. The average Bonchev–Trinajstić information content (AvgIpc) is 3.30. The number of pyridine rings is 1. The molecule has 1 amide bonds. The van der Waals surface area contributed by atoms with Crippen molar-refractivity contribution in [3.8, 4) is 0 Å². The van der Waals surface area contributed by atoms with E-state index in [1.54, 1.807) is 35.4 Å². The molecule has 1 aliphatic heterocycles. The van der Waals surface area contributed by atoms with Crippen LogP contribution in [0.15, 0.2) is 49.3 Å². The molecule has 4 aromatic rings. The van der Waals surface area contributed by atoms with Gasteiger partial charge in [-0.1, -0.05) is 6.07 Å². The van der Waals surface area contributed by atoms with Crippen LogP contribution in [-0.2, 0) is 6.42 Å². The van der Waals surface area contributed by atoms with Crippen molar-refractivity contribution >= 4 is 11.7 Å². The monoisotopic (exact) mass is 359 g/mol. The number of hydrogen-bond donors (Lipinski definition) is 1. The molecule has 1 aliphatic rings. The van der Waals surface area contributed by atoms with Crippen LogP contribution in [0.5, 0.6) is 0 Å². The summed E-state index contributed by atoms with van der Waals surface area (Å²) in [5.41, 5.74) is 4.06. The van der Waals surface area contributed by atoms with Crippen molar-refractivity contribution in [1.29, 1.82) is 0 Å². The Kier molecular flexibility index (Phi) is 3.49. The van der Waals surface area contributed by atoms with Crippen molar-refractivity contribution in [1.82, 2.24) is 34.2 Å². The maximum absolute atomic E-state index is 13.6. The Labute approximate surface area is 154 Å². The minimum absolute atomic E-state index is 0.0875. The summed E-state index contributed by atoms with van der Waals surface area (Å²) in [6, 6.07) is 5.36. The van der Waals surface area contributed by atoms with Gasteiger partial charge in [-0.2, -0.15) is 0 Å². The van der Waals surface area contributed by atoms with E-state index in [9.17, 15) is 4.79 Å². The predicted molar refractivity (Wildman–Crippen MR) is 97.1 cm³/mol. The second-order valence-electron chi connectivity index (χ2n) is 6.54. The van der Waals surface area contributed by atoms with Gasteiger partial charge in [0.1, 0.15) is 11.7 Å². The normalized spacial score (nSPS) is 16.5. The molecule has 0 aliphatic carbocycles. The Morgan fingerprint density at radius 2 is 2.19 bits per heavy atom. The number of nitrogens with one attached hydrogen (secondary N) is 1. The van der Waals surface area contributed by atoms with Crippen molar-refractivity contribution in [3.63, 3.8) is 0 Å². The van der Waals surface area contributed by atoms with Crippen LogP contribution in [-0.4, -0.2) is 46.7 Å². The smallest absolute Gasteiger partial charge is 0.273 e. The number of rotatable bonds is 2. The highest BCUT2D eigenvalue weighted by Crippen LogP contribution is 2.34. The molecular formula is C19H17N7O. The fourth-order valence-electron chi connectivity index (χ4n) is 3.76. The average molecular weight is 359 g/mol. The third-order valence-electron chi connectivity index (χ3n) is 4.97. The van der Waals surface area contributed by atoms with E-state index in [4.69, 9.17) is 0 Å². The molecule has 4 aromatic heterocycles. The summed E-state index contributed by atoms with van der Waals surface area (Å²) in [6.45, 7) is 2.42. The number of carbonyl (C=O) groups is 1. The van der Waals surface area contributed by atoms with Gasteiger partial charge in [0, 0.05) is 43.4 Å². The standard InChI is InChI=1S/C19H17N7O/c1-12-16(26-8-3-7-21-19(26)24-12)18(27)25-9-5-14-15(23-11-22-14)17(25)13-4-2-6-20-10-13/h2-4,6-8,10-11,17H,5,9H2,1H3,(H,22,23). The molecule has 27 heavy (non-hydrogen) atoms. The first kappa shape index (κ1) is 15.7. The van der Waals surface area contributed by atoms with Crippen molar-refractivity contribution in [2.45, 2.75) is 19.4 Å². The zero-order valence-electron chi connectivity index (χ0n) is 14.7. The van der Waals surface area contributed by atoms with E-state index >= 15 is 0 Å². The molecule has 5 rings (SSSR count). The van der Waals surface area contributed by atoms with Gasteiger partial charge < -0.3 is 9.88 Å². The number of fused-ring (bicyclic) bond motifs is 2. The van der Waals surface area contributed by atoms with Crippen molar-refractivity contribution in [2.24, 2.45) is 0 Å². The molecule has 1 N–H and O–H groups in total. The third-order valence-corrected chi connectivity index (χ3v) is 4.97. The van der Waals surface area contributed by atoms with E-state index in [1.165, 1.54) is 0 Å². The van der Waals surface area contributed by atoms with Gasteiger partial charge in [-0.05, 0) is 24.6 Å². The van der Waals surface area contributed by atoms with Gasteiger partial charge in [0.05, 0.1) is 17.7 Å². The Bertz CT molecular complexity index is 1130. The van der Waals surface area contributed by atoms with Crippen LogP contribution >= 0.6 is 0 Å². The first-order valence-electron chi connectivity index (χ1n) is 8.77. The molecule has 0 aromatic carbocycles. The molecule has 134 valence electrons. The van der Waals surface area contributed by atoms with E-state index in [0.717, 1.165) is 23.4 Å². The molecule has 0 spiro atoms. The molecule has 8 nitrogen and oxygen atoms in total. The Hall–Kier alpha value is -3.55. The van der Waals surface area contributed by atoms with Gasteiger partial charge in [0.25, 0.3) is 5.91 Å². The summed E-state index contributed by atoms with van der Waals surface area (Å²) in [7, 11) is 0. The highest BCUT2D eigenvalue weighted by molar-refractivity contribution is 5.95. The summed E-state index contributed by atoms with van der Waals surface area (Å²) in [5.74, 6) is 0.434. The Balaban J connectivity index is 1.64. The number of imidazole rings is 2. The number of carbonyl (C=O) groups excluding carboxylic acids is 1. The molecule has 0 saturated carbocycles. The largest absolute Gasteiger partial charge is 0.348 e. The van der Waals surface area contributed by atoms with E-state index < -0.39 is 0 Å². The fraction of sp³-hybridized carbons (Fsp3) is 0.211. The molecular weight excluding hydrogens is 342 g/mol. The molecule has 1 unspecified atom stereocenters. The third kappa shape index (κ3) is 2.41. The van der Waals surface area contributed by atoms with Crippen molar-refractivity contribution < 1.29 is 4.79 Å². The van der Waals surface area contributed by atoms with Gasteiger partial charge in [-0.3, -0.25) is 14.2 Å². The topological polar surface area (TPSA) is 92.1 Å². The number of hydrogen-bond acceptors (Lipinski definition) is 5. The van der Waals surface area contributed by atoms with Crippen LogP contribution in [0, 0.1) is 6.92 Å². The minimum atomic E-state index is -0.289. The van der Waals surface area contributed by atoms with Crippen LogP contribution in [0.4, 0.5) is 0 Å². The molecule has 0 saturated heterocycles. The number of aromatic amines is 1. The van der Waals surface area contributed by atoms with Gasteiger partial charge in [0.15, 0.2) is 0 Å². The first-order chi connectivity index (χ1) is 13.2. The zero-order chi connectivity index (χ0) is 18.4. The minimum Gasteiger partial charge on any atom is -0.348 e. The van der Waals surface area contributed by atoms with Gasteiger partial charge in [-0.25, -0.2) is 15.0 Å². The number of amides is 1. The van der Waals surface area contributed by atoms with E-state index in [-0.39, 0.29) is 11.9 Å². The molecule has 0 bridgehead atoms. The SMILES string of the molecule is Cc1nc2ncccn2c1C(=O)N1CCc2[nH]cnc2C1c1cccnc1. The molecule has 0 radical (unpaired) electrons. The van der Waals surface area contributed by atoms with Gasteiger partial charge >= 0.3 is 0 Å². The lowest BCUT2D eigenvalue weighted by molar-refractivity contribution is 0.0682. The maximum atomic E-state index is 13.6.